The lowest BCUT2D eigenvalue weighted by atomic mass is 9.81. The molecule has 1 aromatic carbocycles. The van der Waals surface area contributed by atoms with E-state index in [0.29, 0.717) is 24.6 Å². The lowest BCUT2D eigenvalue weighted by molar-refractivity contribution is -0.274. The number of alkyl halides is 3. The van der Waals surface area contributed by atoms with Crippen molar-refractivity contribution in [1.82, 2.24) is 10.2 Å². The summed E-state index contributed by atoms with van der Waals surface area (Å²) in [5.41, 5.74) is 0.574. The van der Waals surface area contributed by atoms with E-state index in [1.54, 1.807) is 11.8 Å². The maximum Gasteiger partial charge on any atom is 0.573 e. The molecule has 3 rings (SSSR count). The number of amides is 2. The number of hydrogen-bond acceptors (Lipinski definition) is 6. The zero-order valence-electron chi connectivity index (χ0n) is 21.1. The average molecular weight is 548 g/mol. The fourth-order valence-electron chi connectivity index (χ4n) is 4.87. The number of anilines is 1. The molecule has 2 atom stereocenters. The standard InChI is InChI=1S/C25H36F3N3O5S/c1-18(17-29-21-7-9-22(10-8-21)36-25(26,27)28)30-24(33)20(15-19-5-3-2-4-6-19)16-23(32)31-11-13-37(34,35)14-12-31/h7-10,18-20,29H,2-6,11-17H2,1H3,(H,30,33). The second-order valence-electron chi connectivity index (χ2n) is 10.0. The lowest BCUT2D eigenvalue weighted by Gasteiger charge is -2.30. The first-order valence-electron chi connectivity index (χ1n) is 12.8. The highest BCUT2D eigenvalue weighted by atomic mass is 32.2. The molecule has 0 spiro atoms. The highest BCUT2D eigenvalue weighted by molar-refractivity contribution is 7.91. The average Bonchev–Trinajstić information content (AvgIpc) is 2.82. The van der Waals surface area contributed by atoms with Gasteiger partial charge in [0, 0.05) is 43.7 Å². The van der Waals surface area contributed by atoms with Gasteiger partial charge in [0.1, 0.15) is 5.75 Å². The number of ether oxygens (including phenoxy) is 1. The SMILES string of the molecule is CC(CNc1ccc(OC(F)(F)F)cc1)NC(=O)C(CC(=O)N1CCS(=O)(=O)CC1)CC1CCCCC1. The zero-order chi connectivity index (χ0) is 27.1. The fraction of sp³-hybridized carbons (Fsp3) is 0.680. The highest BCUT2D eigenvalue weighted by Gasteiger charge is 2.32. The number of rotatable bonds is 10. The van der Waals surface area contributed by atoms with E-state index in [4.69, 9.17) is 0 Å². The Labute approximate surface area is 216 Å². The van der Waals surface area contributed by atoms with Gasteiger partial charge in [0.25, 0.3) is 0 Å². The van der Waals surface area contributed by atoms with Crippen LogP contribution in [0.3, 0.4) is 0 Å². The normalized spacial score (nSPS) is 20.1. The van der Waals surface area contributed by atoms with Gasteiger partial charge in [-0.15, -0.1) is 13.2 Å². The summed E-state index contributed by atoms with van der Waals surface area (Å²) in [5, 5.41) is 6.04. The molecule has 37 heavy (non-hydrogen) atoms. The minimum Gasteiger partial charge on any atom is -0.406 e. The molecule has 1 aliphatic heterocycles. The summed E-state index contributed by atoms with van der Waals surface area (Å²) in [6, 6.07) is 5.02. The fourth-order valence-corrected chi connectivity index (χ4v) is 6.07. The summed E-state index contributed by atoms with van der Waals surface area (Å²) in [4.78, 5) is 27.7. The summed E-state index contributed by atoms with van der Waals surface area (Å²) < 4.78 is 64.2. The Balaban J connectivity index is 1.54. The molecule has 1 saturated carbocycles. The van der Waals surface area contributed by atoms with Gasteiger partial charge in [-0.1, -0.05) is 32.1 Å². The molecule has 2 N–H and O–H groups in total. The maximum absolute atomic E-state index is 13.2. The van der Waals surface area contributed by atoms with Crippen LogP contribution in [0.15, 0.2) is 24.3 Å². The van der Waals surface area contributed by atoms with Gasteiger partial charge in [-0.25, -0.2) is 8.42 Å². The molecule has 2 unspecified atom stereocenters. The van der Waals surface area contributed by atoms with E-state index >= 15 is 0 Å². The molecular weight excluding hydrogens is 511 g/mol. The van der Waals surface area contributed by atoms with Crippen molar-refractivity contribution in [2.45, 2.75) is 64.3 Å². The Morgan fingerprint density at radius 1 is 1.08 bits per heavy atom. The first kappa shape index (κ1) is 29.1. The number of nitrogens with one attached hydrogen (secondary N) is 2. The first-order valence-corrected chi connectivity index (χ1v) is 14.6. The van der Waals surface area contributed by atoms with Gasteiger partial charge in [-0.05, 0) is 43.5 Å². The van der Waals surface area contributed by atoms with Crippen LogP contribution in [-0.2, 0) is 19.4 Å². The van der Waals surface area contributed by atoms with Crippen LogP contribution in [0.2, 0.25) is 0 Å². The molecule has 208 valence electrons. The summed E-state index contributed by atoms with van der Waals surface area (Å²) in [5.74, 6) is -0.958. The number of halogens is 3. The molecule has 1 saturated heterocycles. The van der Waals surface area contributed by atoms with Crippen LogP contribution >= 0.6 is 0 Å². The third kappa shape index (κ3) is 10.1. The van der Waals surface area contributed by atoms with E-state index < -0.39 is 22.1 Å². The van der Waals surface area contributed by atoms with Gasteiger partial charge in [0.2, 0.25) is 11.8 Å². The van der Waals surface area contributed by atoms with Crippen molar-refractivity contribution in [2.75, 3.05) is 36.5 Å². The predicted octanol–water partition coefficient (Wildman–Crippen LogP) is 3.74. The molecule has 12 heteroatoms. The largest absolute Gasteiger partial charge is 0.573 e. The van der Waals surface area contributed by atoms with Crippen LogP contribution in [0.25, 0.3) is 0 Å². The van der Waals surface area contributed by atoms with E-state index in [1.807, 2.05) is 0 Å². The second kappa shape index (κ2) is 12.8. The molecule has 2 fully saturated rings. The molecule has 1 aromatic rings. The van der Waals surface area contributed by atoms with E-state index in [-0.39, 0.29) is 54.6 Å². The Kier molecular flexibility index (Phi) is 10.1. The predicted molar refractivity (Wildman–Crippen MR) is 134 cm³/mol. The van der Waals surface area contributed by atoms with Gasteiger partial charge in [-0.3, -0.25) is 9.59 Å². The number of carbonyl (C=O) groups excluding carboxylic acids is 2. The van der Waals surface area contributed by atoms with Crippen molar-refractivity contribution < 1.29 is 35.9 Å². The number of carbonyl (C=O) groups is 2. The summed E-state index contributed by atoms with van der Waals surface area (Å²) in [6.45, 7) is 2.46. The molecule has 8 nitrogen and oxygen atoms in total. The first-order chi connectivity index (χ1) is 17.4. The molecule has 2 aliphatic rings. The van der Waals surface area contributed by atoms with Gasteiger partial charge >= 0.3 is 6.36 Å². The van der Waals surface area contributed by atoms with Gasteiger partial charge in [0.15, 0.2) is 9.84 Å². The van der Waals surface area contributed by atoms with Crippen LogP contribution in [0, 0.1) is 11.8 Å². The van der Waals surface area contributed by atoms with Crippen molar-refractivity contribution in [1.29, 1.82) is 0 Å². The van der Waals surface area contributed by atoms with Gasteiger partial charge in [-0.2, -0.15) is 0 Å². The van der Waals surface area contributed by atoms with E-state index in [0.717, 1.165) is 25.7 Å². The Morgan fingerprint density at radius 3 is 2.30 bits per heavy atom. The number of benzene rings is 1. The molecular formula is C25H36F3N3O5S. The van der Waals surface area contributed by atoms with Crippen LogP contribution in [0.5, 0.6) is 5.75 Å². The van der Waals surface area contributed by atoms with Crippen molar-refractivity contribution in [3.63, 3.8) is 0 Å². The van der Waals surface area contributed by atoms with E-state index in [9.17, 15) is 31.2 Å². The highest BCUT2D eigenvalue weighted by Crippen LogP contribution is 2.31. The van der Waals surface area contributed by atoms with Crippen LogP contribution in [0.1, 0.15) is 51.9 Å². The van der Waals surface area contributed by atoms with Gasteiger partial charge < -0.3 is 20.3 Å². The van der Waals surface area contributed by atoms with Crippen LogP contribution in [0.4, 0.5) is 18.9 Å². The minimum absolute atomic E-state index is 0.0448. The third-order valence-corrected chi connectivity index (χ3v) is 8.53. The zero-order valence-corrected chi connectivity index (χ0v) is 21.9. The van der Waals surface area contributed by atoms with Crippen LogP contribution in [-0.4, -0.2) is 68.7 Å². The molecule has 0 radical (unpaired) electrons. The molecule has 2 amide bonds. The Bertz CT molecular complexity index is 997. The molecule has 1 aliphatic carbocycles. The Hall–Kier alpha value is -2.50. The second-order valence-corrected chi connectivity index (χ2v) is 12.3. The number of nitrogens with zero attached hydrogens (tertiary/aromatic N) is 1. The van der Waals surface area contributed by atoms with E-state index in [2.05, 4.69) is 15.4 Å². The van der Waals surface area contributed by atoms with E-state index in [1.165, 1.54) is 30.7 Å². The molecule has 0 bridgehead atoms. The monoisotopic (exact) mass is 547 g/mol. The van der Waals surface area contributed by atoms with Crippen LogP contribution < -0.4 is 15.4 Å². The smallest absolute Gasteiger partial charge is 0.406 e. The molecule has 0 aromatic heterocycles. The third-order valence-electron chi connectivity index (χ3n) is 6.92. The van der Waals surface area contributed by atoms with Crippen molar-refractivity contribution in [2.24, 2.45) is 11.8 Å². The van der Waals surface area contributed by atoms with Crippen molar-refractivity contribution in [3.05, 3.63) is 24.3 Å². The quantitative estimate of drug-likeness (QED) is 0.463. The Morgan fingerprint density at radius 2 is 1.70 bits per heavy atom. The van der Waals surface area contributed by atoms with Crippen molar-refractivity contribution >= 4 is 27.3 Å². The summed E-state index contributed by atoms with van der Waals surface area (Å²) in [6.07, 6.45) is 1.38. The van der Waals surface area contributed by atoms with Crippen molar-refractivity contribution in [3.8, 4) is 5.75 Å². The lowest BCUT2D eigenvalue weighted by Crippen LogP contribution is -2.46. The maximum atomic E-state index is 13.2. The summed E-state index contributed by atoms with van der Waals surface area (Å²) >= 11 is 0. The molecule has 1 heterocycles. The van der Waals surface area contributed by atoms with Gasteiger partial charge in [0.05, 0.1) is 11.5 Å². The summed E-state index contributed by atoms with van der Waals surface area (Å²) in [7, 11) is -3.11. The number of hydrogen-bond donors (Lipinski definition) is 2. The topological polar surface area (TPSA) is 105 Å². The minimum atomic E-state index is -4.75. The number of sulfone groups is 1.